The zero-order valence-corrected chi connectivity index (χ0v) is 12.8. The maximum atomic E-state index is 11.8. The van der Waals surface area contributed by atoms with Crippen molar-refractivity contribution in [3.05, 3.63) is 18.2 Å². The maximum absolute atomic E-state index is 11.8. The summed E-state index contributed by atoms with van der Waals surface area (Å²) in [6.45, 7) is 5.15. The van der Waals surface area contributed by atoms with Crippen LogP contribution in [0.2, 0.25) is 0 Å². The molecule has 1 aromatic heterocycles. The van der Waals surface area contributed by atoms with Crippen molar-refractivity contribution in [2.45, 2.75) is 13.8 Å². The van der Waals surface area contributed by atoms with Crippen molar-refractivity contribution in [3.63, 3.8) is 0 Å². The summed E-state index contributed by atoms with van der Waals surface area (Å²) in [7, 11) is 1.87. The average Bonchev–Trinajstić information content (AvgIpc) is 2.79. The van der Waals surface area contributed by atoms with Crippen molar-refractivity contribution >= 4 is 38.3 Å². The Labute approximate surface area is 122 Å². The molecular formula is C14H20N4OS. The molecule has 0 fully saturated rings. The average molecular weight is 292 g/mol. The Morgan fingerprint density at radius 3 is 2.95 bits per heavy atom. The molecule has 0 atom stereocenters. The van der Waals surface area contributed by atoms with Gasteiger partial charge in [-0.05, 0) is 24.1 Å². The van der Waals surface area contributed by atoms with Gasteiger partial charge in [0.1, 0.15) is 0 Å². The Morgan fingerprint density at radius 1 is 1.50 bits per heavy atom. The van der Waals surface area contributed by atoms with E-state index in [9.17, 15) is 4.79 Å². The molecule has 20 heavy (non-hydrogen) atoms. The first-order valence-corrected chi connectivity index (χ1v) is 7.41. The van der Waals surface area contributed by atoms with Crippen LogP contribution in [-0.4, -0.2) is 31.0 Å². The number of nitrogens with one attached hydrogen (secondary N) is 1. The predicted octanol–water partition coefficient (Wildman–Crippen LogP) is 2.09. The monoisotopic (exact) mass is 292 g/mol. The fraction of sp³-hybridized carbons (Fsp3) is 0.429. The number of rotatable bonds is 5. The van der Waals surface area contributed by atoms with E-state index < -0.39 is 0 Å². The minimum atomic E-state index is 0.0139. The molecule has 1 aromatic carbocycles. The van der Waals surface area contributed by atoms with Gasteiger partial charge >= 0.3 is 0 Å². The molecule has 6 heteroatoms. The number of aromatic nitrogens is 1. The van der Waals surface area contributed by atoms with E-state index in [1.807, 2.05) is 30.1 Å². The lowest BCUT2D eigenvalue weighted by Crippen LogP contribution is -2.36. The van der Waals surface area contributed by atoms with Gasteiger partial charge in [-0.15, -0.1) is 0 Å². The molecule has 0 spiro atoms. The van der Waals surface area contributed by atoms with Crippen LogP contribution in [0.4, 0.5) is 10.8 Å². The third kappa shape index (κ3) is 3.60. The fourth-order valence-electron chi connectivity index (χ4n) is 1.75. The lowest BCUT2D eigenvalue weighted by molar-refractivity contribution is -0.119. The summed E-state index contributed by atoms with van der Waals surface area (Å²) < 4.78 is 1.04. The number of thiazole rings is 1. The van der Waals surface area contributed by atoms with Crippen molar-refractivity contribution < 1.29 is 4.79 Å². The Bertz CT molecular complexity index is 608. The van der Waals surface area contributed by atoms with Crippen LogP contribution < -0.4 is 16.0 Å². The predicted molar refractivity (Wildman–Crippen MR) is 85.2 cm³/mol. The van der Waals surface area contributed by atoms with E-state index in [4.69, 9.17) is 5.73 Å². The number of carbonyl (C=O) groups excluding carboxylic acids is 1. The molecule has 0 bridgehead atoms. The number of nitrogen functional groups attached to an aromatic ring is 1. The second-order valence-corrected chi connectivity index (χ2v) is 6.29. The largest absolute Gasteiger partial charge is 0.399 e. The van der Waals surface area contributed by atoms with Gasteiger partial charge in [0.2, 0.25) is 5.91 Å². The van der Waals surface area contributed by atoms with Crippen LogP contribution in [0.25, 0.3) is 10.2 Å². The third-order valence-electron chi connectivity index (χ3n) is 2.82. The highest BCUT2D eigenvalue weighted by molar-refractivity contribution is 7.22. The fourth-order valence-corrected chi connectivity index (χ4v) is 2.72. The summed E-state index contributed by atoms with van der Waals surface area (Å²) >= 11 is 1.54. The molecule has 0 saturated heterocycles. The van der Waals surface area contributed by atoms with Crippen LogP contribution in [-0.2, 0) is 4.79 Å². The molecule has 2 aromatic rings. The first kappa shape index (κ1) is 14.6. The highest BCUT2D eigenvalue weighted by Crippen LogP contribution is 2.29. The standard InChI is InChI=1S/C14H20N4OS/c1-9(2)7-16-13(19)8-18(3)14-17-11-5-4-10(15)6-12(11)20-14/h4-6,9H,7-8,15H2,1-3H3,(H,16,19). The van der Waals surface area contributed by atoms with Crippen LogP contribution in [0.3, 0.4) is 0 Å². The summed E-state index contributed by atoms with van der Waals surface area (Å²) in [6, 6.07) is 5.64. The van der Waals surface area contributed by atoms with Crippen LogP contribution in [0.1, 0.15) is 13.8 Å². The van der Waals surface area contributed by atoms with Crippen LogP contribution in [0, 0.1) is 5.92 Å². The smallest absolute Gasteiger partial charge is 0.239 e. The van der Waals surface area contributed by atoms with E-state index in [0.29, 0.717) is 19.0 Å². The van der Waals surface area contributed by atoms with Gasteiger partial charge in [-0.1, -0.05) is 25.2 Å². The van der Waals surface area contributed by atoms with Gasteiger partial charge in [0.25, 0.3) is 0 Å². The lowest BCUT2D eigenvalue weighted by Gasteiger charge is -2.15. The first-order chi connectivity index (χ1) is 9.45. The topological polar surface area (TPSA) is 71.2 Å². The lowest BCUT2D eigenvalue weighted by atomic mass is 10.2. The highest BCUT2D eigenvalue weighted by atomic mass is 32.1. The van der Waals surface area contributed by atoms with Gasteiger partial charge in [-0.3, -0.25) is 4.79 Å². The number of anilines is 2. The Balaban J connectivity index is 2.03. The number of fused-ring (bicyclic) bond motifs is 1. The molecule has 0 saturated carbocycles. The molecule has 3 N–H and O–H groups in total. The molecule has 1 amide bonds. The molecule has 0 aliphatic carbocycles. The Hall–Kier alpha value is -1.82. The van der Waals surface area contributed by atoms with Crippen molar-refractivity contribution in [1.82, 2.24) is 10.3 Å². The summed E-state index contributed by atoms with van der Waals surface area (Å²) in [4.78, 5) is 18.2. The van der Waals surface area contributed by atoms with Gasteiger partial charge in [0.15, 0.2) is 5.13 Å². The number of likely N-dealkylation sites (N-methyl/N-ethyl adjacent to an activating group) is 1. The quantitative estimate of drug-likeness (QED) is 0.828. The van der Waals surface area contributed by atoms with E-state index in [1.54, 1.807) is 11.3 Å². The number of nitrogens with zero attached hydrogens (tertiary/aromatic N) is 2. The van der Waals surface area contributed by atoms with Gasteiger partial charge in [0, 0.05) is 19.3 Å². The van der Waals surface area contributed by atoms with Crippen LogP contribution in [0.15, 0.2) is 18.2 Å². The number of carbonyl (C=O) groups is 1. The zero-order chi connectivity index (χ0) is 14.7. The minimum absolute atomic E-state index is 0.0139. The molecule has 5 nitrogen and oxygen atoms in total. The number of hydrogen-bond donors (Lipinski definition) is 2. The van der Waals surface area contributed by atoms with E-state index >= 15 is 0 Å². The molecule has 108 valence electrons. The van der Waals surface area contributed by atoms with Crippen LogP contribution in [0.5, 0.6) is 0 Å². The van der Waals surface area contributed by atoms with E-state index in [1.165, 1.54) is 0 Å². The number of nitrogens with two attached hydrogens (primary N) is 1. The van der Waals surface area contributed by atoms with Crippen LogP contribution >= 0.6 is 11.3 Å². The second kappa shape index (κ2) is 6.09. The molecule has 0 aliphatic heterocycles. The molecule has 0 radical (unpaired) electrons. The minimum Gasteiger partial charge on any atom is -0.399 e. The summed E-state index contributed by atoms with van der Waals surface area (Å²) in [5.74, 6) is 0.467. The summed E-state index contributed by atoms with van der Waals surface area (Å²) in [6.07, 6.45) is 0. The first-order valence-electron chi connectivity index (χ1n) is 6.59. The number of benzene rings is 1. The van der Waals surface area contributed by atoms with Gasteiger partial charge in [0.05, 0.1) is 16.8 Å². The molecule has 0 aliphatic rings. The normalized spacial score (nSPS) is 11.0. The maximum Gasteiger partial charge on any atom is 0.239 e. The molecular weight excluding hydrogens is 272 g/mol. The Morgan fingerprint density at radius 2 is 2.25 bits per heavy atom. The second-order valence-electron chi connectivity index (χ2n) is 5.28. The Kier molecular flexibility index (Phi) is 4.44. The number of amides is 1. The summed E-state index contributed by atoms with van der Waals surface area (Å²) in [5, 5.41) is 3.73. The van der Waals surface area contributed by atoms with Gasteiger partial charge in [-0.25, -0.2) is 4.98 Å². The zero-order valence-electron chi connectivity index (χ0n) is 12.0. The third-order valence-corrected chi connectivity index (χ3v) is 3.95. The van der Waals surface area contributed by atoms with Gasteiger partial charge < -0.3 is 16.0 Å². The highest BCUT2D eigenvalue weighted by Gasteiger charge is 2.12. The van der Waals surface area contributed by atoms with Gasteiger partial charge in [-0.2, -0.15) is 0 Å². The van der Waals surface area contributed by atoms with E-state index in [2.05, 4.69) is 24.1 Å². The van der Waals surface area contributed by atoms with E-state index in [-0.39, 0.29) is 5.91 Å². The van der Waals surface area contributed by atoms with Crippen molar-refractivity contribution in [1.29, 1.82) is 0 Å². The van der Waals surface area contributed by atoms with Crippen molar-refractivity contribution in [2.75, 3.05) is 30.8 Å². The molecule has 1 heterocycles. The van der Waals surface area contributed by atoms with Crippen molar-refractivity contribution in [3.8, 4) is 0 Å². The summed E-state index contributed by atoms with van der Waals surface area (Å²) in [5.41, 5.74) is 7.40. The SMILES string of the molecule is CC(C)CNC(=O)CN(C)c1nc2ccc(N)cc2s1. The number of hydrogen-bond acceptors (Lipinski definition) is 5. The molecule has 2 rings (SSSR count). The van der Waals surface area contributed by atoms with Crippen molar-refractivity contribution in [2.24, 2.45) is 5.92 Å². The van der Waals surface area contributed by atoms with E-state index in [0.717, 1.165) is 21.0 Å². The molecule has 0 unspecified atom stereocenters.